The quantitative estimate of drug-likeness (QED) is 0.903. The number of benzene rings is 1. The van der Waals surface area contributed by atoms with Crippen LogP contribution in [-0.2, 0) is 6.42 Å². The van der Waals surface area contributed by atoms with Crippen LogP contribution in [0.4, 0.5) is 0 Å². The smallest absolute Gasteiger partial charge is 0.165 e. The highest BCUT2D eigenvalue weighted by Crippen LogP contribution is 2.39. The molecular weight excluding hydrogens is 276 g/mol. The molecule has 20 heavy (non-hydrogen) atoms. The van der Waals surface area contributed by atoms with Crippen molar-refractivity contribution in [2.75, 3.05) is 46.9 Å². The van der Waals surface area contributed by atoms with Crippen LogP contribution in [0, 0.1) is 6.92 Å². The molecule has 1 saturated heterocycles. The lowest BCUT2D eigenvalue weighted by molar-refractivity contribution is 0.242. The Balaban J connectivity index is 2.15. The number of nitrogens with zero attached hydrogens (tertiary/aromatic N) is 1. The standard InChI is InChI=1S/C15H23ClN2O2/c1-11-13(16)10-12(15(20-3)14(11)19-2)4-7-18-8-5-17-6-9-18/h10,17H,4-9H2,1-3H3. The molecule has 1 N–H and O–H groups in total. The largest absolute Gasteiger partial charge is 0.493 e. The average Bonchev–Trinajstić information content (AvgIpc) is 2.48. The van der Waals surface area contributed by atoms with Gasteiger partial charge in [-0.25, -0.2) is 0 Å². The SMILES string of the molecule is COc1c(CCN2CCNCC2)cc(Cl)c(C)c1OC. The second-order valence-corrected chi connectivity index (χ2v) is 5.46. The average molecular weight is 299 g/mol. The fourth-order valence-corrected chi connectivity index (χ4v) is 2.84. The van der Waals surface area contributed by atoms with E-state index in [9.17, 15) is 0 Å². The van der Waals surface area contributed by atoms with Crippen LogP contribution in [0.2, 0.25) is 5.02 Å². The van der Waals surface area contributed by atoms with E-state index >= 15 is 0 Å². The molecule has 0 atom stereocenters. The number of nitrogens with one attached hydrogen (secondary N) is 1. The maximum absolute atomic E-state index is 6.29. The first-order valence-electron chi connectivity index (χ1n) is 7.00. The Hall–Kier alpha value is -0.970. The molecule has 1 aromatic rings. The lowest BCUT2D eigenvalue weighted by Gasteiger charge is -2.27. The normalized spacial score (nSPS) is 16.2. The number of hydrogen-bond donors (Lipinski definition) is 1. The minimum absolute atomic E-state index is 0.734. The Labute approximate surface area is 126 Å². The first kappa shape index (κ1) is 15.4. The van der Waals surface area contributed by atoms with Crippen LogP contribution in [-0.4, -0.2) is 51.8 Å². The van der Waals surface area contributed by atoms with Gasteiger partial charge in [0.05, 0.1) is 14.2 Å². The Bertz CT molecular complexity index is 460. The highest BCUT2D eigenvalue weighted by Gasteiger charge is 2.17. The van der Waals surface area contributed by atoms with E-state index in [1.165, 1.54) is 0 Å². The molecule has 0 aliphatic carbocycles. The molecule has 0 unspecified atom stereocenters. The molecule has 0 amide bonds. The fraction of sp³-hybridized carbons (Fsp3) is 0.600. The first-order chi connectivity index (χ1) is 9.67. The predicted molar refractivity (Wildman–Crippen MR) is 82.3 cm³/mol. The minimum Gasteiger partial charge on any atom is -0.493 e. The van der Waals surface area contributed by atoms with E-state index in [-0.39, 0.29) is 0 Å². The zero-order chi connectivity index (χ0) is 14.5. The third-order valence-electron chi connectivity index (χ3n) is 3.81. The molecule has 2 rings (SSSR count). The van der Waals surface area contributed by atoms with Gasteiger partial charge in [-0.1, -0.05) is 11.6 Å². The zero-order valence-corrected chi connectivity index (χ0v) is 13.2. The van der Waals surface area contributed by atoms with Crippen molar-refractivity contribution >= 4 is 11.6 Å². The van der Waals surface area contributed by atoms with Gasteiger partial charge in [0.1, 0.15) is 0 Å². The van der Waals surface area contributed by atoms with E-state index < -0.39 is 0 Å². The summed E-state index contributed by atoms with van der Waals surface area (Å²) in [7, 11) is 3.33. The van der Waals surface area contributed by atoms with Gasteiger partial charge in [0.25, 0.3) is 0 Å². The van der Waals surface area contributed by atoms with Gasteiger partial charge in [-0.05, 0) is 19.4 Å². The van der Waals surface area contributed by atoms with E-state index in [1.54, 1.807) is 14.2 Å². The summed E-state index contributed by atoms with van der Waals surface area (Å²) in [6.07, 6.45) is 0.916. The van der Waals surface area contributed by atoms with E-state index in [2.05, 4.69) is 10.2 Å². The number of rotatable bonds is 5. The van der Waals surface area contributed by atoms with E-state index in [4.69, 9.17) is 21.1 Å². The van der Waals surface area contributed by atoms with Gasteiger partial charge in [0.15, 0.2) is 11.5 Å². The fourth-order valence-electron chi connectivity index (χ4n) is 2.62. The van der Waals surface area contributed by atoms with Crippen molar-refractivity contribution in [1.82, 2.24) is 10.2 Å². The molecule has 1 heterocycles. The molecule has 0 bridgehead atoms. The van der Waals surface area contributed by atoms with Gasteiger partial charge in [0, 0.05) is 48.9 Å². The second-order valence-electron chi connectivity index (χ2n) is 5.05. The van der Waals surface area contributed by atoms with Crippen LogP contribution in [0.15, 0.2) is 6.07 Å². The highest BCUT2D eigenvalue weighted by molar-refractivity contribution is 6.31. The Morgan fingerprint density at radius 2 is 1.85 bits per heavy atom. The summed E-state index contributed by atoms with van der Waals surface area (Å²) in [6.45, 7) is 7.28. The van der Waals surface area contributed by atoms with Crippen molar-refractivity contribution in [1.29, 1.82) is 0 Å². The molecule has 0 radical (unpaired) electrons. The van der Waals surface area contributed by atoms with Crippen LogP contribution in [0.3, 0.4) is 0 Å². The van der Waals surface area contributed by atoms with Crippen molar-refractivity contribution in [3.63, 3.8) is 0 Å². The topological polar surface area (TPSA) is 33.7 Å². The minimum atomic E-state index is 0.734. The molecule has 1 fully saturated rings. The summed E-state index contributed by atoms with van der Waals surface area (Å²) in [6, 6.07) is 2.00. The lowest BCUT2D eigenvalue weighted by atomic mass is 10.1. The van der Waals surface area contributed by atoms with Crippen LogP contribution in [0.5, 0.6) is 11.5 Å². The summed E-state index contributed by atoms with van der Waals surface area (Å²) < 4.78 is 11.0. The molecule has 1 aromatic carbocycles. The van der Waals surface area contributed by atoms with Crippen LogP contribution >= 0.6 is 11.6 Å². The van der Waals surface area contributed by atoms with Gasteiger partial charge in [-0.3, -0.25) is 0 Å². The number of piperazine rings is 1. The molecule has 4 nitrogen and oxygen atoms in total. The molecule has 0 aromatic heterocycles. The van der Waals surface area contributed by atoms with Gasteiger partial charge in [-0.15, -0.1) is 0 Å². The van der Waals surface area contributed by atoms with Crippen molar-refractivity contribution in [3.05, 3.63) is 22.2 Å². The van der Waals surface area contributed by atoms with Crippen molar-refractivity contribution < 1.29 is 9.47 Å². The van der Waals surface area contributed by atoms with Crippen LogP contribution in [0.1, 0.15) is 11.1 Å². The lowest BCUT2D eigenvalue weighted by Crippen LogP contribution is -2.44. The van der Waals surface area contributed by atoms with Crippen LogP contribution < -0.4 is 14.8 Å². The molecule has 1 aliphatic heterocycles. The highest BCUT2D eigenvalue weighted by atomic mass is 35.5. The predicted octanol–water partition coefficient (Wildman–Crippen LogP) is 2.11. The summed E-state index contributed by atoms with van der Waals surface area (Å²) in [5, 5.41) is 4.10. The molecule has 5 heteroatoms. The number of hydrogen-bond acceptors (Lipinski definition) is 4. The maximum Gasteiger partial charge on any atom is 0.165 e. The van der Waals surface area contributed by atoms with Gasteiger partial charge in [-0.2, -0.15) is 0 Å². The van der Waals surface area contributed by atoms with Gasteiger partial charge < -0.3 is 19.7 Å². The third kappa shape index (κ3) is 3.37. The molecule has 0 spiro atoms. The Kier molecular flexibility index (Phi) is 5.52. The third-order valence-corrected chi connectivity index (χ3v) is 4.21. The maximum atomic E-state index is 6.29. The zero-order valence-electron chi connectivity index (χ0n) is 12.5. The molecule has 1 aliphatic rings. The van der Waals surface area contributed by atoms with Crippen LogP contribution in [0.25, 0.3) is 0 Å². The summed E-state index contributed by atoms with van der Waals surface area (Å²) in [4.78, 5) is 2.45. The molecular formula is C15H23ClN2O2. The molecule has 112 valence electrons. The number of methoxy groups -OCH3 is 2. The summed E-state index contributed by atoms with van der Waals surface area (Å²) >= 11 is 6.29. The number of ether oxygens (including phenoxy) is 2. The first-order valence-corrected chi connectivity index (χ1v) is 7.38. The van der Waals surface area contributed by atoms with E-state index in [0.717, 1.165) is 66.8 Å². The van der Waals surface area contributed by atoms with E-state index in [0.29, 0.717) is 0 Å². The summed E-state index contributed by atoms with van der Waals surface area (Å²) in [5.41, 5.74) is 2.04. The molecule has 0 saturated carbocycles. The monoisotopic (exact) mass is 298 g/mol. The summed E-state index contributed by atoms with van der Waals surface area (Å²) in [5.74, 6) is 1.56. The Morgan fingerprint density at radius 1 is 1.20 bits per heavy atom. The van der Waals surface area contributed by atoms with Crippen molar-refractivity contribution in [2.24, 2.45) is 0 Å². The van der Waals surface area contributed by atoms with E-state index in [1.807, 2.05) is 13.0 Å². The Morgan fingerprint density at radius 3 is 2.45 bits per heavy atom. The van der Waals surface area contributed by atoms with Crippen molar-refractivity contribution in [2.45, 2.75) is 13.3 Å². The van der Waals surface area contributed by atoms with Gasteiger partial charge >= 0.3 is 0 Å². The van der Waals surface area contributed by atoms with Gasteiger partial charge in [0.2, 0.25) is 0 Å². The number of halogens is 1. The van der Waals surface area contributed by atoms with Crippen molar-refractivity contribution in [3.8, 4) is 11.5 Å². The second kappa shape index (κ2) is 7.16.